The lowest BCUT2D eigenvalue weighted by Crippen LogP contribution is -2.43. The van der Waals surface area contributed by atoms with Crippen LogP contribution in [0.4, 0.5) is 19.9 Å². The van der Waals surface area contributed by atoms with E-state index in [9.17, 15) is 4.39 Å². The number of aromatic nitrogens is 5. The van der Waals surface area contributed by atoms with Crippen LogP contribution in [0.15, 0.2) is 24.4 Å². The molecule has 0 unspecified atom stereocenters. The summed E-state index contributed by atoms with van der Waals surface area (Å²) in [6, 6.07) is 4.52. The number of nitrogens with zero attached hydrogens (tertiary/aromatic N) is 6. The number of hydrogen-bond donors (Lipinski definition) is 1. The Morgan fingerprint density at radius 2 is 2.08 bits per heavy atom. The molecule has 8 nitrogen and oxygen atoms in total. The summed E-state index contributed by atoms with van der Waals surface area (Å²) in [4.78, 5) is 18.1. The van der Waals surface area contributed by atoms with E-state index in [4.69, 9.17) is 26.3 Å². The Kier molecular flexibility index (Phi) is 6.46. The molecular formula is C25H26ClF2N7OS. The number of fused-ring (bicyclic) bond motifs is 1. The van der Waals surface area contributed by atoms with Crippen molar-refractivity contribution < 1.29 is 13.5 Å². The summed E-state index contributed by atoms with van der Waals surface area (Å²) < 4.78 is 35.1. The minimum absolute atomic E-state index is 0.0857. The van der Waals surface area contributed by atoms with Crippen LogP contribution in [0.25, 0.3) is 21.6 Å². The lowest BCUT2D eigenvalue weighted by Gasteiger charge is -2.37. The molecular weight excluding hydrogens is 520 g/mol. The van der Waals surface area contributed by atoms with Crippen molar-refractivity contribution in [3.05, 3.63) is 46.5 Å². The maximum absolute atomic E-state index is 15.1. The molecule has 3 aromatic heterocycles. The zero-order chi connectivity index (χ0) is 25.7. The summed E-state index contributed by atoms with van der Waals surface area (Å²) in [5, 5.41) is 8.37. The van der Waals surface area contributed by atoms with Gasteiger partial charge < -0.3 is 14.5 Å². The SMILES string of the molecule is C[C@@H]1CN(c2nc(-c3ccc(Cl)cc3F)c3sc(N(C)CCF)nc3n2)C[C@H](c2c[nH]nc2C2CC2)O1. The lowest BCUT2D eigenvalue weighted by molar-refractivity contribution is -0.0182. The summed E-state index contributed by atoms with van der Waals surface area (Å²) in [6.07, 6.45) is 3.92. The quantitative estimate of drug-likeness (QED) is 0.327. The lowest BCUT2D eigenvalue weighted by atomic mass is 10.1. The minimum atomic E-state index is -0.508. The van der Waals surface area contributed by atoms with E-state index in [0.717, 1.165) is 24.1 Å². The monoisotopic (exact) mass is 545 g/mol. The van der Waals surface area contributed by atoms with E-state index in [2.05, 4.69) is 20.1 Å². The van der Waals surface area contributed by atoms with Crippen LogP contribution in [-0.4, -0.2) is 64.6 Å². The van der Waals surface area contributed by atoms with Crippen LogP contribution in [0, 0.1) is 5.82 Å². The first-order valence-corrected chi connectivity index (χ1v) is 13.5. The molecule has 1 saturated heterocycles. The van der Waals surface area contributed by atoms with Crippen molar-refractivity contribution in [2.24, 2.45) is 0 Å². The topological polar surface area (TPSA) is 83.1 Å². The van der Waals surface area contributed by atoms with Gasteiger partial charge in [-0.25, -0.2) is 13.8 Å². The van der Waals surface area contributed by atoms with Crippen LogP contribution in [0.5, 0.6) is 0 Å². The van der Waals surface area contributed by atoms with E-state index in [0.29, 0.717) is 56.7 Å². The zero-order valence-electron chi connectivity index (χ0n) is 20.4. The molecule has 1 aliphatic heterocycles. The van der Waals surface area contributed by atoms with Crippen LogP contribution < -0.4 is 9.80 Å². The molecule has 2 fully saturated rings. The number of rotatable bonds is 7. The third-order valence-corrected chi connectivity index (χ3v) is 8.12. The van der Waals surface area contributed by atoms with Gasteiger partial charge >= 0.3 is 0 Å². The van der Waals surface area contributed by atoms with Crippen molar-refractivity contribution in [1.82, 2.24) is 25.1 Å². The summed E-state index contributed by atoms with van der Waals surface area (Å²) in [5.74, 6) is 0.446. The number of aromatic amines is 1. The Morgan fingerprint density at radius 1 is 1.24 bits per heavy atom. The zero-order valence-corrected chi connectivity index (χ0v) is 22.0. The van der Waals surface area contributed by atoms with Crippen molar-refractivity contribution in [2.75, 3.05) is 43.2 Å². The molecule has 0 radical (unpaired) electrons. The average Bonchev–Trinajstić information content (AvgIpc) is 3.42. The minimum Gasteiger partial charge on any atom is -0.367 e. The van der Waals surface area contributed by atoms with E-state index < -0.39 is 12.5 Å². The number of H-pyrrole nitrogens is 1. The molecule has 37 heavy (non-hydrogen) atoms. The Hall–Kier alpha value is -2.89. The van der Waals surface area contributed by atoms with Gasteiger partial charge in [0.1, 0.15) is 23.3 Å². The summed E-state index contributed by atoms with van der Waals surface area (Å²) >= 11 is 7.34. The molecule has 1 saturated carbocycles. The van der Waals surface area contributed by atoms with Gasteiger partial charge in [0, 0.05) is 48.4 Å². The predicted molar refractivity (Wildman–Crippen MR) is 141 cm³/mol. The number of halogens is 3. The van der Waals surface area contributed by atoms with Gasteiger partial charge in [-0.15, -0.1) is 0 Å². The van der Waals surface area contributed by atoms with Crippen LogP contribution in [-0.2, 0) is 4.74 Å². The highest BCUT2D eigenvalue weighted by Gasteiger charge is 2.35. The van der Waals surface area contributed by atoms with E-state index in [1.165, 1.54) is 17.4 Å². The molecule has 0 amide bonds. The van der Waals surface area contributed by atoms with Gasteiger partial charge in [0.25, 0.3) is 0 Å². The fourth-order valence-electron chi connectivity index (χ4n) is 4.73. The number of benzene rings is 1. The van der Waals surface area contributed by atoms with E-state index in [1.54, 1.807) is 24.1 Å². The highest BCUT2D eigenvalue weighted by atomic mass is 35.5. The number of anilines is 2. The second kappa shape index (κ2) is 9.77. The Morgan fingerprint density at radius 3 is 2.84 bits per heavy atom. The molecule has 0 spiro atoms. The first-order valence-electron chi connectivity index (χ1n) is 12.3. The molecule has 2 aliphatic rings. The molecule has 12 heteroatoms. The van der Waals surface area contributed by atoms with Crippen molar-refractivity contribution in [2.45, 2.75) is 37.9 Å². The average molecular weight is 546 g/mol. The summed E-state index contributed by atoms with van der Waals surface area (Å²) in [7, 11) is 1.77. The largest absolute Gasteiger partial charge is 0.367 e. The molecule has 4 heterocycles. The Balaban J connectivity index is 1.43. The maximum atomic E-state index is 15.1. The molecule has 1 aromatic carbocycles. The van der Waals surface area contributed by atoms with Gasteiger partial charge in [-0.3, -0.25) is 5.10 Å². The molecule has 0 bridgehead atoms. The standard InChI is InChI=1S/C25H26ClF2N7OS/c1-13-11-35(12-19(36-13)17-10-29-33-20(17)14-3-4-14)24-30-21(16-6-5-15(26)9-18(16)28)22-23(31-24)32-25(37-22)34(2)8-7-27/h5-6,9-10,13-14,19H,3-4,7-8,11-12H2,1-2H3,(H,29,33)/t13-,19-/m1/s1. The van der Waals surface area contributed by atoms with Crippen LogP contribution >= 0.6 is 22.9 Å². The second-order valence-corrected chi connectivity index (χ2v) is 11.0. The van der Waals surface area contributed by atoms with Crippen molar-refractivity contribution in [3.8, 4) is 11.3 Å². The van der Waals surface area contributed by atoms with E-state index in [1.807, 2.05) is 13.1 Å². The number of nitrogens with one attached hydrogen (secondary N) is 1. The molecule has 1 N–H and O–H groups in total. The third-order valence-electron chi connectivity index (χ3n) is 6.72. The number of alkyl halides is 1. The summed E-state index contributed by atoms with van der Waals surface area (Å²) in [6.45, 7) is 2.80. The maximum Gasteiger partial charge on any atom is 0.228 e. The van der Waals surface area contributed by atoms with Gasteiger partial charge in [0.2, 0.25) is 5.95 Å². The molecule has 194 valence electrons. The highest BCUT2D eigenvalue weighted by molar-refractivity contribution is 7.22. The van der Waals surface area contributed by atoms with Crippen LogP contribution in [0.1, 0.15) is 43.0 Å². The van der Waals surface area contributed by atoms with Crippen molar-refractivity contribution >= 4 is 44.4 Å². The predicted octanol–water partition coefficient (Wildman–Crippen LogP) is 5.52. The van der Waals surface area contributed by atoms with Crippen molar-refractivity contribution in [3.63, 3.8) is 0 Å². The van der Waals surface area contributed by atoms with Gasteiger partial charge in [0.15, 0.2) is 10.8 Å². The number of ether oxygens (including phenoxy) is 1. The van der Waals surface area contributed by atoms with Crippen LogP contribution in [0.2, 0.25) is 5.02 Å². The summed E-state index contributed by atoms with van der Waals surface area (Å²) in [5.41, 5.74) is 3.32. The molecule has 1 aliphatic carbocycles. The normalized spacial score (nSPS) is 20.1. The third kappa shape index (κ3) is 4.75. The number of thiazole rings is 1. The Bertz CT molecular complexity index is 1440. The smallest absolute Gasteiger partial charge is 0.228 e. The number of morpholine rings is 1. The second-order valence-electron chi connectivity index (χ2n) is 9.60. The first kappa shape index (κ1) is 24.4. The highest BCUT2D eigenvalue weighted by Crippen LogP contribution is 2.43. The first-order chi connectivity index (χ1) is 17.9. The van der Waals surface area contributed by atoms with Crippen molar-refractivity contribution in [1.29, 1.82) is 0 Å². The van der Waals surface area contributed by atoms with Crippen LogP contribution in [0.3, 0.4) is 0 Å². The van der Waals surface area contributed by atoms with Gasteiger partial charge in [0.05, 0.1) is 24.0 Å². The molecule has 4 aromatic rings. The Labute approximate surface area is 221 Å². The molecule has 2 atom stereocenters. The van der Waals surface area contributed by atoms with E-state index >= 15 is 4.39 Å². The van der Waals surface area contributed by atoms with Gasteiger partial charge in [-0.1, -0.05) is 22.9 Å². The fourth-order valence-corrected chi connectivity index (χ4v) is 5.89. The van der Waals surface area contributed by atoms with E-state index in [-0.39, 0.29) is 18.8 Å². The molecule has 6 rings (SSSR count). The van der Waals surface area contributed by atoms with Gasteiger partial charge in [-0.05, 0) is 38.0 Å². The number of hydrogen-bond acceptors (Lipinski definition) is 8. The fraction of sp³-hybridized carbons (Fsp3) is 0.440. The van der Waals surface area contributed by atoms with Gasteiger partial charge in [-0.2, -0.15) is 15.1 Å².